The van der Waals surface area contributed by atoms with E-state index in [0.717, 1.165) is 35.8 Å². The zero-order valence-corrected chi connectivity index (χ0v) is 12.7. The minimum atomic E-state index is 0.102. The van der Waals surface area contributed by atoms with Gasteiger partial charge < -0.3 is 24.3 Å². The quantitative estimate of drug-likeness (QED) is 0.798. The highest BCUT2D eigenvalue weighted by molar-refractivity contribution is 5.52. The standard InChI is InChI=1S/C16H23NO4/c1-11(5-6-18-2)21-14-8-16-15(19-10-20-16)7-12(14)9-17-13-3-4-13/h7-8,11,13,17H,3-6,9-10H2,1-2H3. The van der Waals surface area contributed by atoms with Gasteiger partial charge in [0.1, 0.15) is 5.75 Å². The molecule has 1 aliphatic carbocycles. The van der Waals surface area contributed by atoms with Crippen LogP contribution in [0.3, 0.4) is 0 Å². The SMILES string of the molecule is COCCC(C)Oc1cc2c(cc1CNC1CC1)OCO2. The molecule has 1 heterocycles. The average molecular weight is 293 g/mol. The lowest BCUT2D eigenvalue weighted by Gasteiger charge is -2.18. The number of hydrogen-bond acceptors (Lipinski definition) is 5. The van der Waals surface area contributed by atoms with Crippen LogP contribution < -0.4 is 19.5 Å². The summed E-state index contributed by atoms with van der Waals surface area (Å²) in [5, 5.41) is 3.52. The van der Waals surface area contributed by atoms with E-state index in [1.54, 1.807) is 7.11 Å². The molecular weight excluding hydrogens is 270 g/mol. The van der Waals surface area contributed by atoms with Gasteiger partial charge in [0.15, 0.2) is 11.5 Å². The van der Waals surface area contributed by atoms with Crippen molar-refractivity contribution in [2.24, 2.45) is 0 Å². The molecule has 0 radical (unpaired) electrons. The maximum Gasteiger partial charge on any atom is 0.231 e. The lowest BCUT2D eigenvalue weighted by atomic mass is 10.1. The van der Waals surface area contributed by atoms with Crippen molar-refractivity contribution >= 4 is 0 Å². The molecule has 0 spiro atoms. The Balaban J connectivity index is 1.71. The zero-order chi connectivity index (χ0) is 14.7. The van der Waals surface area contributed by atoms with E-state index >= 15 is 0 Å². The average Bonchev–Trinajstić information content (AvgIpc) is 3.20. The highest BCUT2D eigenvalue weighted by Gasteiger charge is 2.23. The Kier molecular flexibility index (Phi) is 4.51. The van der Waals surface area contributed by atoms with E-state index < -0.39 is 0 Å². The lowest BCUT2D eigenvalue weighted by molar-refractivity contribution is 0.134. The third-order valence-corrected chi connectivity index (χ3v) is 3.77. The van der Waals surface area contributed by atoms with Gasteiger partial charge in [-0.15, -0.1) is 0 Å². The van der Waals surface area contributed by atoms with E-state index in [9.17, 15) is 0 Å². The first kappa shape index (κ1) is 14.5. The summed E-state index contributed by atoms with van der Waals surface area (Å²) < 4.78 is 22.1. The minimum absolute atomic E-state index is 0.102. The Hall–Kier alpha value is -1.46. The fourth-order valence-corrected chi connectivity index (χ4v) is 2.31. The van der Waals surface area contributed by atoms with Crippen molar-refractivity contribution in [2.45, 2.75) is 44.9 Å². The molecule has 5 nitrogen and oxygen atoms in total. The Morgan fingerprint density at radius 3 is 2.76 bits per heavy atom. The molecule has 1 fully saturated rings. The second-order valence-electron chi connectivity index (χ2n) is 5.68. The Labute approximate surface area is 125 Å². The molecule has 0 aromatic heterocycles. The predicted molar refractivity (Wildman–Crippen MR) is 79.0 cm³/mol. The number of methoxy groups -OCH3 is 1. The summed E-state index contributed by atoms with van der Waals surface area (Å²) >= 11 is 0. The van der Waals surface area contributed by atoms with Gasteiger partial charge in [0.2, 0.25) is 6.79 Å². The molecule has 1 N–H and O–H groups in total. The molecule has 2 aliphatic rings. The van der Waals surface area contributed by atoms with Gasteiger partial charge in [-0.3, -0.25) is 0 Å². The van der Waals surface area contributed by atoms with Crippen LogP contribution in [0.5, 0.6) is 17.2 Å². The van der Waals surface area contributed by atoms with E-state index in [1.807, 2.05) is 12.1 Å². The van der Waals surface area contributed by atoms with Crippen molar-refractivity contribution in [1.29, 1.82) is 0 Å². The van der Waals surface area contributed by atoms with Crippen molar-refractivity contribution in [3.05, 3.63) is 17.7 Å². The summed E-state index contributed by atoms with van der Waals surface area (Å²) in [4.78, 5) is 0. The summed E-state index contributed by atoms with van der Waals surface area (Å²) in [6.45, 7) is 3.84. The van der Waals surface area contributed by atoms with Crippen molar-refractivity contribution in [2.75, 3.05) is 20.5 Å². The Morgan fingerprint density at radius 1 is 1.29 bits per heavy atom. The molecule has 116 valence electrons. The fourth-order valence-electron chi connectivity index (χ4n) is 2.31. The highest BCUT2D eigenvalue weighted by Crippen LogP contribution is 2.39. The molecule has 0 saturated heterocycles. The third-order valence-electron chi connectivity index (χ3n) is 3.77. The van der Waals surface area contributed by atoms with Gasteiger partial charge in [-0.25, -0.2) is 0 Å². The molecule has 0 amide bonds. The van der Waals surface area contributed by atoms with Gasteiger partial charge in [0.25, 0.3) is 0 Å². The first-order valence-corrected chi connectivity index (χ1v) is 7.57. The molecule has 0 bridgehead atoms. The maximum atomic E-state index is 6.07. The van der Waals surface area contributed by atoms with Gasteiger partial charge in [0, 0.05) is 44.4 Å². The molecule has 1 aromatic carbocycles. The summed E-state index contributed by atoms with van der Waals surface area (Å²) in [7, 11) is 1.71. The smallest absolute Gasteiger partial charge is 0.231 e. The Morgan fingerprint density at radius 2 is 2.05 bits per heavy atom. The molecule has 3 rings (SSSR count). The van der Waals surface area contributed by atoms with Gasteiger partial charge >= 0.3 is 0 Å². The van der Waals surface area contributed by atoms with Crippen LogP contribution in [0.4, 0.5) is 0 Å². The second-order valence-corrected chi connectivity index (χ2v) is 5.68. The van der Waals surface area contributed by atoms with Crippen LogP contribution in [-0.2, 0) is 11.3 Å². The largest absolute Gasteiger partial charge is 0.490 e. The van der Waals surface area contributed by atoms with Crippen molar-refractivity contribution in [3.63, 3.8) is 0 Å². The number of rotatable bonds is 8. The zero-order valence-electron chi connectivity index (χ0n) is 12.7. The van der Waals surface area contributed by atoms with Crippen LogP contribution in [0.25, 0.3) is 0 Å². The number of fused-ring (bicyclic) bond motifs is 1. The fraction of sp³-hybridized carbons (Fsp3) is 0.625. The lowest BCUT2D eigenvalue weighted by Crippen LogP contribution is -2.19. The second kappa shape index (κ2) is 6.54. The number of nitrogens with one attached hydrogen (secondary N) is 1. The van der Waals surface area contributed by atoms with Gasteiger partial charge in [0.05, 0.1) is 6.10 Å². The summed E-state index contributed by atoms with van der Waals surface area (Å²) in [6.07, 6.45) is 3.50. The number of benzene rings is 1. The summed E-state index contributed by atoms with van der Waals surface area (Å²) in [5.74, 6) is 2.44. The topological polar surface area (TPSA) is 49.0 Å². The van der Waals surface area contributed by atoms with Crippen molar-refractivity contribution in [1.82, 2.24) is 5.32 Å². The van der Waals surface area contributed by atoms with Crippen molar-refractivity contribution in [3.8, 4) is 17.2 Å². The third kappa shape index (κ3) is 3.80. The number of ether oxygens (including phenoxy) is 4. The predicted octanol–water partition coefficient (Wildman–Crippen LogP) is 2.47. The van der Waals surface area contributed by atoms with Crippen LogP contribution in [0.15, 0.2) is 12.1 Å². The normalized spacial score (nSPS) is 17.8. The van der Waals surface area contributed by atoms with Gasteiger partial charge in [-0.05, 0) is 25.8 Å². The molecule has 1 aromatic rings. The molecule has 1 aliphatic heterocycles. The van der Waals surface area contributed by atoms with E-state index in [0.29, 0.717) is 12.6 Å². The number of hydrogen-bond donors (Lipinski definition) is 1. The maximum absolute atomic E-state index is 6.07. The Bertz CT molecular complexity index is 487. The first-order chi connectivity index (χ1) is 10.3. The van der Waals surface area contributed by atoms with Gasteiger partial charge in [-0.1, -0.05) is 0 Å². The molecule has 21 heavy (non-hydrogen) atoms. The molecule has 1 saturated carbocycles. The van der Waals surface area contributed by atoms with Crippen molar-refractivity contribution < 1.29 is 18.9 Å². The minimum Gasteiger partial charge on any atom is -0.490 e. The van der Waals surface area contributed by atoms with Crippen LogP contribution in [0.1, 0.15) is 31.7 Å². The van der Waals surface area contributed by atoms with E-state index in [-0.39, 0.29) is 12.9 Å². The first-order valence-electron chi connectivity index (χ1n) is 7.57. The highest BCUT2D eigenvalue weighted by atomic mass is 16.7. The van der Waals surface area contributed by atoms with E-state index in [4.69, 9.17) is 18.9 Å². The van der Waals surface area contributed by atoms with Gasteiger partial charge in [-0.2, -0.15) is 0 Å². The summed E-state index contributed by atoms with van der Waals surface area (Å²) in [5.41, 5.74) is 1.12. The molecular formula is C16H23NO4. The molecule has 1 unspecified atom stereocenters. The molecule has 1 atom stereocenters. The van der Waals surface area contributed by atoms with Crippen LogP contribution in [-0.4, -0.2) is 32.7 Å². The van der Waals surface area contributed by atoms with Crippen LogP contribution >= 0.6 is 0 Å². The van der Waals surface area contributed by atoms with E-state index in [2.05, 4.69) is 12.2 Å². The molecule has 5 heteroatoms. The van der Waals surface area contributed by atoms with E-state index in [1.165, 1.54) is 12.8 Å². The monoisotopic (exact) mass is 293 g/mol. The van der Waals surface area contributed by atoms with Crippen LogP contribution in [0.2, 0.25) is 0 Å². The summed E-state index contributed by atoms with van der Waals surface area (Å²) in [6, 6.07) is 4.63. The van der Waals surface area contributed by atoms with Crippen LogP contribution in [0, 0.1) is 0 Å².